The van der Waals surface area contributed by atoms with Crippen LogP contribution in [0.3, 0.4) is 0 Å². The maximum Gasteiger partial charge on any atom is -0.0129 e. The Bertz CT molecular complexity index is 175. The molecule has 1 rings (SSSR count). The third-order valence-electron chi connectivity index (χ3n) is 1.77. The van der Waals surface area contributed by atoms with E-state index in [1.807, 2.05) is 0 Å². The predicted molar refractivity (Wildman–Crippen MR) is 49.9 cm³/mol. The molecule has 0 aromatic rings. The van der Waals surface area contributed by atoms with E-state index in [1.54, 1.807) is 5.31 Å². The highest BCUT2D eigenvalue weighted by molar-refractivity contribution is 7.43. The first-order valence-corrected chi connectivity index (χ1v) is 5.03. The highest BCUT2D eigenvalue weighted by atomic mass is 31.1. The van der Waals surface area contributed by atoms with Crippen LogP contribution in [0.1, 0.15) is 20.8 Å². The van der Waals surface area contributed by atoms with Crippen LogP contribution in [0, 0.1) is 5.92 Å². The fourth-order valence-corrected chi connectivity index (χ4v) is 2.02. The first-order chi connectivity index (χ1) is 4.70. The third-order valence-corrected chi connectivity index (χ3v) is 2.88. The molecule has 0 saturated carbocycles. The van der Waals surface area contributed by atoms with Crippen LogP contribution >= 0.6 is 8.58 Å². The molecule has 1 aliphatic rings. The van der Waals surface area contributed by atoms with Crippen LogP contribution in [0.2, 0.25) is 0 Å². The van der Waals surface area contributed by atoms with Gasteiger partial charge < -0.3 is 0 Å². The van der Waals surface area contributed by atoms with E-state index < -0.39 is 0 Å². The van der Waals surface area contributed by atoms with Crippen LogP contribution in [0.4, 0.5) is 0 Å². The van der Waals surface area contributed by atoms with Crippen LogP contribution in [0.25, 0.3) is 0 Å². The van der Waals surface area contributed by atoms with Gasteiger partial charge in [0.1, 0.15) is 0 Å². The van der Waals surface area contributed by atoms with Gasteiger partial charge in [-0.2, -0.15) is 0 Å². The molecule has 0 fully saturated rings. The van der Waals surface area contributed by atoms with Gasteiger partial charge in [-0.05, 0) is 24.6 Å². The second kappa shape index (κ2) is 3.34. The van der Waals surface area contributed by atoms with Crippen molar-refractivity contribution in [2.75, 3.05) is 6.16 Å². The van der Waals surface area contributed by atoms with E-state index >= 15 is 0 Å². The summed E-state index contributed by atoms with van der Waals surface area (Å²) in [5.74, 6) is 0.708. The zero-order valence-corrected chi connectivity index (χ0v) is 7.94. The molecule has 1 unspecified atom stereocenters. The number of allylic oxidation sites excluding steroid dienone is 4. The molecule has 0 aliphatic carbocycles. The standard InChI is InChI=1S/C9H15P/c1-7(2)9-4-5-10-8(3)6-9/h4,6-7,10H,5H2,1-3H3. The van der Waals surface area contributed by atoms with Crippen LogP contribution in [-0.4, -0.2) is 6.16 Å². The highest BCUT2D eigenvalue weighted by Crippen LogP contribution is 2.31. The Hall–Kier alpha value is -0.0900. The molecular formula is C9H15P. The van der Waals surface area contributed by atoms with Crippen molar-refractivity contribution in [2.24, 2.45) is 5.92 Å². The Morgan fingerprint density at radius 3 is 2.60 bits per heavy atom. The van der Waals surface area contributed by atoms with Crippen molar-refractivity contribution >= 4 is 8.58 Å². The molecule has 0 aromatic heterocycles. The SMILES string of the molecule is CC1=CC(C(C)C)=CCP1. The fraction of sp³-hybridized carbons (Fsp3) is 0.556. The first-order valence-electron chi connectivity index (χ1n) is 3.82. The minimum absolute atomic E-state index is 0.708. The summed E-state index contributed by atoms with van der Waals surface area (Å²) in [6.45, 7) is 6.74. The Morgan fingerprint density at radius 2 is 2.20 bits per heavy atom. The lowest BCUT2D eigenvalue weighted by molar-refractivity contribution is 0.788. The normalized spacial score (nSPS) is 21.2. The monoisotopic (exact) mass is 154 g/mol. The lowest BCUT2D eigenvalue weighted by Gasteiger charge is -2.13. The number of rotatable bonds is 1. The Kier molecular flexibility index (Phi) is 2.68. The van der Waals surface area contributed by atoms with Gasteiger partial charge in [-0.1, -0.05) is 39.9 Å². The van der Waals surface area contributed by atoms with E-state index in [-0.39, 0.29) is 0 Å². The highest BCUT2D eigenvalue weighted by Gasteiger charge is 2.03. The van der Waals surface area contributed by atoms with Crippen LogP contribution < -0.4 is 0 Å². The molecule has 1 aliphatic heterocycles. The molecule has 56 valence electrons. The van der Waals surface area contributed by atoms with Crippen LogP contribution in [0.5, 0.6) is 0 Å². The summed E-state index contributed by atoms with van der Waals surface area (Å²) >= 11 is 0. The van der Waals surface area contributed by atoms with Crippen molar-refractivity contribution in [3.8, 4) is 0 Å². The summed E-state index contributed by atoms with van der Waals surface area (Å²) < 4.78 is 0. The largest absolute Gasteiger partial charge is 0.0913 e. The van der Waals surface area contributed by atoms with E-state index in [0.29, 0.717) is 5.92 Å². The molecule has 1 atom stereocenters. The Balaban J connectivity index is 2.69. The van der Waals surface area contributed by atoms with E-state index in [0.717, 1.165) is 8.58 Å². The smallest absolute Gasteiger partial charge is 0.0129 e. The quantitative estimate of drug-likeness (QED) is 0.509. The van der Waals surface area contributed by atoms with Crippen molar-refractivity contribution < 1.29 is 0 Å². The summed E-state index contributed by atoms with van der Waals surface area (Å²) in [6, 6.07) is 0. The lowest BCUT2D eigenvalue weighted by Crippen LogP contribution is -1.94. The molecule has 0 amide bonds. The number of hydrogen-bond acceptors (Lipinski definition) is 0. The van der Waals surface area contributed by atoms with Crippen molar-refractivity contribution in [2.45, 2.75) is 20.8 Å². The van der Waals surface area contributed by atoms with Crippen LogP contribution in [-0.2, 0) is 0 Å². The third kappa shape index (κ3) is 1.95. The molecule has 0 N–H and O–H groups in total. The zero-order valence-electron chi connectivity index (χ0n) is 6.94. The van der Waals surface area contributed by atoms with E-state index in [9.17, 15) is 0 Å². The Morgan fingerprint density at radius 1 is 1.50 bits per heavy atom. The maximum atomic E-state index is 2.37. The lowest BCUT2D eigenvalue weighted by atomic mass is 10.0. The van der Waals surface area contributed by atoms with E-state index in [4.69, 9.17) is 0 Å². The summed E-state index contributed by atoms with van der Waals surface area (Å²) in [4.78, 5) is 0. The summed E-state index contributed by atoms with van der Waals surface area (Å²) in [7, 11) is 1.04. The van der Waals surface area contributed by atoms with Crippen molar-refractivity contribution in [3.63, 3.8) is 0 Å². The molecule has 1 heteroatoms. The number of hydrogen-bond donors (Lipinski definition) is 0. The van der Waals surface area contributed by atoms with Gasteiger partial charge in [0.25, 0.3) is 0 Å². The summed E-state index contributed by atoms with van der Waals surface area (Å²) in [5, 5.41) is 1.56. The minimum atomic E-state index is 0.708. The average molecular weight is 154 g/mol. The second-order valence-electron chi connectivity index (χ2n) is 3.07. The Labute approximate surface area is 65.2 Å². The second-order valence-corrected chi connectivity index (χ2v) is 4.62. The molecule has 0 aromatic carbocycles. The average Bonchev–Trinajstić information content (AvgIpc) is 1.88. The molecule has 0 radical (unpaired) electrons. The molecular weight excluding hydrogens is 139 g/mol. The topological polar surface area (TPSA) is 0 Å². The molecule has 0 bridgehead atoms. The molecule has 1 heterocycles. The molecule has 0 saturated heterocycles. The van der Waals surface area contributed by atoms with Gasteiger partial charge in [0.15, 0.2) is 0 Å². The van der Waals surface area contributed by atoms with Gasteiger partial charge in [0, 0.05) is 0 Å². The maximum absolute atomic E-state index is 2.37. The van der Waals surface area contributed by atoms with E-state index in [1.165, 1.54) is 11.7 Å². The summed E-state index contributed by atoms with van der Waals surface area (Å²) in [6.07, 6.45) is 5.98. The van der Waals surface area contributed by atoms with Crippen molar-refractivity contribution in [1.82, 2.24) is 0 Å². The molecule has 0 nitrogen and oxygen atoms in total. The van der Waals surface area contributed by atoms with E-state index in [2.05, 4.69) is 32.9 Å². The van der Waals surface area contributed by atoms with Gasteiger partial charge in [0.05, 0.1) is 0 Å². The summed E-state index contributed by atoms with van der Waals surface area (Å²) in [5.41, 5.74) is 1.52. The fourth-order valence-electron chi connectivity index (χ4n) is 1.09. The van der Waals surface area contributed by atoms with Gasteiger partial charge in [0.2, 0.25) is 0 Å². The van der Waals surface area contributed by atoms with Crippen LogP contribution in [0.15, 0.2) is 23.0 Å². The first kappa shape index (κ1) is 8.01. The molecule has 0 spiro atoms. The van der Waals surface area contributed by atoms with Gasteiger partial charge in [-0.15, -0.1) is 0 Å². The zero-order chi connectivity index (χ0) is 7.56. The molecule has 10 heavy (non-hydrogen) atoms. The minimum Gasteiger partial charge on any atom is -0.0913 e. The van der Waals surface area contributed by atoms with Gasteiger partial charge in [-0.3, -0.25) is 0 Å². The van der Waals surface area contributed by atoms with Gasteiger partial charge >= 0.3 is 0 Å². The van der Waals surface area contributed by atoms with Crippen molar-refractivity contribution in [1.29, 1.82) is 0 Å². The van der Waals surface area contributed by atoms with Gasteiger partial charge in [-0.25, -0.2) is 0 Å². The predicted octanol–water partition coefficient (Wildman–Crippen LogP) is 3.16. The van der Waals surface area contributed by atoms with Crippen molar-refractivity contribution in [3.05, 3.63) is 23.0 Å².